The summed E-state index contributed by atoms with van der Waals surface area (Å²) in [5, 5.41) is 3.76. The molecule has 1 nitrogen and oxygen atoms in total. The van der Waals surface area contributed by atoms with E-state index in [-0.39, 0.29) is 0 Å². The average molecular weight is 286 g/mol. The van der Waals surface area contributed by atoms with Crippen LogP contribution in [0.25, 0.3) is 0 Å². The molecule has 1 aromatic rings. The van der Waals surface area contributed by atoms with Crippen molar-refractivity contribution in [1.82, 2.24) is 5.32 Å². The summed E-state index contributed by atoms with van der Waals surface area (Å²) in [6.45, 7) is 3.41. The predicted octanol–water partition coefficient (Wildman–Crippen LogP) is 4.89. The van der Waals surface area contributed by atoms with Crippen LogP contribution in [0.3, 0.4) is 0 Å². The quantitative estimate of drug-likeness (QED) is 0.759. The molecule has 2 unspecified atom stereocenters. The second-order valence-electron chi connectivity index (χ2n) is 5.37. The minimum Gasteiger partial charge on any atom is -0.314 e. The van der Waals surface area contributed by atoms with E-state index in [1.807, 2.05) is 6.07 Å². The molecule has 1 aromatic heterocycles. The van der Waals surface area contributed by atoms with Crippen molar-refractivity contribution >= 4 is 22.9 Å². The lowest BCUT2D eigenvalue weighted by Crippen LogP contribution is -2.36. The summed E-state index contributed by atoms with van der Waals surface area (Å²) < 4.78 is 0.927. The van der Waals surface area contributed by atoms with E-state index in [9.17, 15) is 0 Å². The molecule has 1 N–H and O–H groups in total. The predicted molar refractivity (Wildman–Crippen MR) is 81.7 cm³/mol. The maximum Gasteiger partial charge on any atom is 0.0931 e. The van der Waals surface area contributed by atoms with Gasteiger partial charge >= 0.3 is 0 Å². The number of halogens is 1. The third-order valence-electron chi connectivity index (χ3n) is 3.91. The molecule has 18 heavy (non-hydrogen) atoms. The van der Waals surface area contributed by atoms with Gasteiger partial charge in [-0.2, -0.15) is 0 Å². The van der Waals surface area contributed by atoms with E-state index < -0.39 is 0 Å². The molecule has 1 aliphatic carbocycles. The molecule has 102 valence electrons. The van der Waals surface area contributed by atoms with Crippen LogP contribution in [-0.2, 0) is 6.42 Å². The van der Waals surface area contributed by atoms with Crippen LogP contribution in [0.1, 0.15) is 50.3 Å². The van der Waals surface area contributed by atoms with Gasteiger partial charge in [0.25, 0.3) is 0 Å². The van der Waals surface area contributed by atoms with E-state index in [4.69, 9.17) is 11.6 Å². The Hall–Kier alpha value is -0.0500. The Morgan fingerprint density at radius 2 is 2.11 bits per heavy atom. The average Bonchev–Trinajstić information content (AvgIpc) is 2.64. The minimum absolute atomic E-state index is 0.716. The Morgan fingerprint density at radius 1 is 1.28 bits per heavy atom. The van der Waals surface area contributed by atoms with Crippen LogP contribution >= 0.6 is 22.9 Å². The highest BCUT2D eigenvalue weighted by Gasteiger charge is 2.23. The van der Waals surface area contributed by atoms with Crippen molar-refractivity contribution < 1.29 is 0 Å². The topological polar surface area (TPSA) is 12.0 Å². The number of nitrogens with one attached hydrogen (secondary N) is 1. The van der Waals surface area contributed by atoms with E-state index in [0.717, 1.165) is 16.8 Å². The zero-order valence-corrected chi connectivity index (χ0v) is 12.8. The number of hydrogen-bond donors (Lipinski definition) is 1. The second-order valence-corrected chi connectivity index (χ2v) is 7.17. The summed E-state index contributed by atoms with van der Waals surface area (Å²) in [5.74, 6) is 0.800. The second kappa shape index (κ2) is 7.52. The fourth-order valence-corrected chi connectivity index (χ4v) is 4.13. The Balaban J connectivity index is 1.96. The molecule has 1 saturated carbocycles. The molecule has 0 spiro atoms. The Morgan fingerprint density at radius 3 is 2.83 bits per heavy atom. The van der Waals surface area contributed by atoms with E-state index in [0.29, 0.717) is 6.04 Å². The summed E-state index contributed by atoms with van der Waals surface area (Å²) >= 11 is 7.78. The zero-order chi connectivity index (χ0) is 12.8. The van der Waals surface area contributed by atoms with Crippen molar-refractivity contribution in [1.29, 1.82) is 0 Å². The molecule has 1 fully saturated rings. The summed E-state index contributed by atoms with van der Waals surface area (Å²) in [6, 6.07) is 4.95. The fourth-order valence-electron chi connectivity index (χ4n) is 2.95. The highest BCUT2D eigenvalue weighted by Crippen LogP contribution is 2.30. The van der Waals surface area contributed by atoms with Gasteiger partial charge < -0.3 is 5.32 Å². The third-order valence-corrected chi connectivity index (χ3v) is 5.16. The van der Waals surface area contributed by atoms with E-state index in [1.165, 1.54) is 49.8 Å². The van der Waals surface area contributed by atoms with Crippen LogP contribution in [0, 0.1) is 5.92 Å². The van der Waals surface area contributed by atoms with E-state index in [2.05, 4.69) is 18.3 Å². The van der Waals surface area contributed by atoms with Gasteiger partial charge in [0.1, 0.15) is 0 Å². The Labute approximate surface area is 120 Å². The van der Waals surface area contributed by atoms with Gasteiger partial charge in [0.15, 0.2) is 0 Å². The molecule has 0 radical (unpaired) electrons. The minimum atomic E-state index is 0.716. The Kier molecular flexibility index (Phi) is 6.00. The molecule has 3 heteroatoms. The van der Waals surface area contributed by atoms with Gasteiger partial charge in [-0.25, -0.2) is 0 Å². The van der Waals surface area contributed by atoms with Crippen molar-refractivity contribution in [2.45, 2.75) is 57.9 Å². The molecular formula is C15H24ClNS. The first-order chi connectivity index (χ1) is 8.79. The summed E-state index contributed by atoms with van der Waals surface area (Å²) in [4.78, 5) is 1.45. The highest BCUT2D eigenvalue weighted by atomic mass is 35.5. The number of hydrogen-bond acceptors (Lipinski definition) is 2. The molecule has 0 aromatic carbocycles. The normalized spacial score (nSPS) is 25.0. The third kappa shape index (κ3) is 4.25. The molecule has 1 aliphatic rings. The SMILES string of the molecule is CCCNC1CCCCCC1Cc1ccc(Cl)s1. The van der Waals surface area contributed by atoms with Crippen molar-refractivity contribution in [3.05, 3.63) is 21.3 Å². The van der Waals surface area contributed by atoms with Gasteiger partial charge in [-0.15, -0.1) is 11.3 Å². The van der Waals surface area contributed by atoms with Gasteiger partial charge in [0, 0.05) is 10.9 Å². The van der Waals surface area contributed by atoms with E-state index in [1.54, 1.807) is 11.3 Å². The number of rotatable bonds is 5. The summed E-state index contributed by atoms with van der Waals surface area (Å²) in [5.41, 5.74) is 0. The van der Waals surface area contributed by atoms with Crippen LogP contribution in [0.2, 0.25) is 4.34 Å². The van der Waals surface area contributed by atoms with Crippen LogP contribution in [0.5, 0.6) is 0 Å². The lowest BCUT2D eigenvalue weighted by atomic mass is 9.91. The fraction of sp³-hybridized carbons (Fsp3) is 0.733. The highest BCUT2D eigenvalue weighted by molar-refractivity contribution is 7.16. The Bertz CT molecular complexity index is 350. The maximum atomic E-state index is 6.03. The van der Waals surface area contributed by atoms with Crippen LogP contribution in [0.4, 0.5) is 0 Å². The zero-order valence-electron chi connectivity index (χ0n) is 11.3. The molecule has 0 aliphatic heterocycles. The monoisotopic (exact) mass is 285 g/mol. The van der Waals surface area contributed by atoms with Crippen LogP contribution in [0.15, 0.2) is 12.1 Å². The lowest BCUT2D eigenvalue weighted by Gasteiger charge is -2.26. The first kappa shape index (κ1) is 14.4. The lowest BCUT2D eigenvalue weighted by molar-refractivity contribution is 0.334. The van der Waals surface area contributed by atoms with Crippen molar-refractivity contribution in [2.24, 2.45) is 5.92 Å². The smallest absolute Gasteiger partial charge is 0.0931 e. The largest absolute Gasteiger partial charge is 0.314 e. The molecule has 0 bridgehead atoms. The maximum absolute atomic E-state index is 6.03. The van der Waals surface area contributed by atoms with Gasteiger partial charge in [-0.1, -0.05) is 37.8 Å². The van der Waals surface area contributed by atoms with Crippen molar-refractivity contribution in [3.8, 4) is 0 Å². The summed E-state index contributed by atoms with van der Waals surface area (Å²) in [7, 11) is 0. The molecule has 1 heterocycles. The summed E-state index contributed by atoms with van der Waals surface area (Å²) in [6.07, 6.45) is 9.36. The standard InChI is InChI=1S/C15H24ClNS/c1-2-10-17-14-7-5-3-4-6-12(14)11-13-8-9-15(16)18-13/h8-9,12,14,17H,2-7,10-11H2,1H3. The van der Waals surface area contributed by atoms with Gasteiger partial charge in [-0.3, -0.25) is 0 Å². The van der Waals surface area contributed by atoms with Gasteiger partial charge in [0.2, 0.25) is 0 Å². The van der Waals surface area contributed by atoms with Gasteiger partial charge in [-0.05, 0) is 50.3 Å². The first-order valence-electron chi connectivity index (χ1n) is 7.27. The van der Waals surface area contributed by atoms with Crippen LogP contribution < -0.4 is 5.32 Å². The first-order valence-corrected chi connectivity index (χ1v) is 8.46. The number of thiophene rings is 1. The van der Waals surface area contributed by atoms with Crippen molar-refractivity contribution in [3.63, 3.8) is 0 Å². The molecule has 0 amide bonds. The van der Waals surface area contributed by atoms with E-state index >= 15 is 0 Å². The molecule has 2 atom stereocenters. The van der Waals surface area contributed by atoms with Crippen LogP contribution in [-0.4, -0.2) is 12.6 Å². The molecular weight excluding hydrogens is 262 g/mol. The van der Waals surface area contributed by atoms with Gasteiger partial charge in [0.05, 0.1) is 4.34 Å². The molecule has 0 saturated heterocycles. The van der Waals surface area contributed by atoms with Crippen molar-refractivity contribution in [2.75, 3.05) is 6.54 Å². The molecule has 2 rings (SSSR count).